The molecule has 1 aromatic heterocycles. The van der Waals surface area contributed by atoms with Crippen LogP contribution in [0.5, 0.6) is 0 Å². The number of hydrogen-bond donors (Lipinski definition) is 2. The van der Waals surface area contributed by atoms with E-state index in [0.29, 0.717) is 11.0 Å². The number of amides is 2. The number of nitro groups is 1. The number of non-ortho nitro benzene ring substituents is 1. The quantitative estimate of drug-likeness (QED) is 0.229. The molecule has 2 aromatic carbocycles. The number of anilines is 1. The van der Waals surface area contributed by atoms with Crippen LogP contribution < -0.4 is 10.6 Å². The zero-order chi connectivity index (χ0) is 26.4. The first-order chi connectivity index (χ1) is 17.1. The Balaban J connectivity index is 1.69. The van der Waals surface area contributed by atoms with E-state index in [0.717, 1.165) is 11.3 Å². The highest BCUT2D eigenvalue weighted by atomic mass is 32.2. The van der Waals surface area contributed by atoms with Crippen molar-refractivity contribution in [1.82, 2.24) is 20.1 Å². The molecule has 0 bridgehead atoms. The lowest BCUT2D eigenvalue weighted by atomic mass is 10.0. The summed E-state index contributed by atoms with van der Waals surface area (Å²) >= 11 is 1.25. The van der Waals surface area contributed by atoms with Gasteiger partial charge < -0.3 is 15.2 Å². The predicted molar refractivity (Wildman–Crippen MR) is 139 cm³/mol. The third kappa shape index (κ3) is 6.48. The van der Waals surface area contributed by atoms with E-state index < -0.39 is 16.9 Å². The predicted octanol–water partition coefficient (Wildman–Crippen LogP) is 4.70. The Labute approximate surface area is 214 Å². The van der Waals surface area contributed by atoms with Gasteiger partial charge in [-0.1, -0.05) is 63.7 Å². The molecule has 3 aromatic rings. The Bertz CT molecular complexity index is 1260. The molecule has 0 spiro atoms. The number of benzene rings is 2. The van der Waals surface area contributed by atoms with Gasteiger partial charge in [-0.3, -0.25) is 19.7 Å². The third-order valence-electron chi connectivity index (χ3n) is 5.61. The Kier molecular flexibility index (Phi) is 8.81. The minimum atomic E-state index is -0.541. The molecule has 3 rings (SSSR count). The van der Waals surface area contributed by atoms with Crippen LogP contribution in [0, 0.1) is 16.0 Å². The maximum Gasteiger partial charge on any atom is 0.270 e. The molecule has 2 N–H and O–H groups in total. The van der Waals surface area contributed by atoms with Crippen molar-refractivity contribution in [3.05, 3.63) is 75.6 Å². The summed E-state index contributed by atoms with van der Waals surface area (Å²) in [6.45, 7) is 8.01. The third-order valence-corrected chi connectivity index (χ3v) is 6.63. The van der Waals surface area contributed by atoms with E-state index in [2.05, 4.69) is 34.7 Å². The number of nitrogens with zero attached hydrogens (tertiary/aromatic N) is 4. The summed E-state index contributed by atoms with van der Waals surface area (Å²) < 4.78 is 1.75. The molecule has 2 amide bonds. The van der Waals surface area contributed by atoms with Crippen LogP contribution in [0.1, 0.15) is 61.4 Å². The van der Waals surface area contributed by atoms with Crippen molar-refractivity contribution >= 4 is 35.0 Å². The molecule has 1 heterocycles. The number of para-hydroxylation sites is 1. The van der Waals surface area contributed by atoms with Crippen LogP contribution in [0.3, 0.4) is 0 Å². The number of carbonyl (C=O) groups excluding carboxylic acids is 2. The average molecular weight is 511 g/mol. The van der Waals surface area contributed by atoms with Crippen molar-refractivity contribution in [2.75, 3.05) is 11.1 Å². The van der Waals surface area contributed by atoms with Crippen LogP contribution >= 0.6 is 11.8 Å². The van der Waals surface area contributed by atoms with Gasteiger partial charge in [-0.25, -0.2) is 0 Å². The van der Waals surface area contributed by atoms with Gasteiger partial charge in [-0.2, -0.15) is 0 Å². The van der Waals surface area contributed by atoms with Gasteiger partial charge in [0.25, 0.3) is 11.6 Å². The van der Waals surface area contributed by atoms with Gasteiger partial charge in [0.05, 0.1) is 16.7 Å². The SMILES string of the molecule is CC(C)c1ccccc1NC(=O)CSc1nnc([C@@H](NC(=O)c2cccc([N+](=O)[O-])c2)C(C)C)n1C. The first-order valence-electron chi connectivity index (χ1n) is 11.5. The lowest BCUT2D eigenvalue weighted by Crippen LogP contribution is -2.33. The summed E-state index contributed by atoms with van der Waals surface area (Å²) in [5.74, 6) is 0.307. The van der Waals surface area contributed by atoms with Gasteiger partial charge in [-0.15, -0.1) is 10.2 Å². The standard InChI is InChI=1S/C25H30N6O4S/c1-15(2)19-11-6-7-12-20(19)26-21(32)14-36-25-29-28-23(30(25)5)22(16(3)4)27-24(33)17-9-8-10-18(13-17)31(34)35/h6-13,15-16,22H,14H2,1-5H3,(H,26,32)(H,27,33)/t22-/m0/s1. The summed E-state index contributed by atoms with van der Waals surface area (Å²) in [7, 11) is 1.78. The van der Waals surface area contributed by atoms with Crippen molar-refractivity contribution in [2.24, 2.45) is 13.0 Å². The number of nitrogens with one attached hydrogen (secondary N) is 2. The summed E-state index contributed by atoms with van der Waals surface area (Å²) in [5.41, 5.74) is 1.89. The highest BCUT2D eigenvalue weighted by Gasteiger charge is 2.26. The molecule has 0 fully saturated rings. The van der Waals surface area contributed by atoms with Crippen molar-refractivity contribution < 1.29 is 14.5 Å². The van der Waals surface area contributed by atoms with Crippen molar-refractivity contribution in [1.29, 1.82) is 0 Å². The van der Waals surface area contributed by atoms with Gasteiger partial charge in [-0.05, 0) is 29.5 Å². The Morgan fingerprint density at radius 3 is 2.47 bits per heavy atom. The van der Waals surface area contributed by atoms with E-state index in [1.807, 2.05) is 38.1 Å². The van der Waals surface area contributed by atoms with E-state index in [1.165, 1.54) is 36.0 Å². The highest BCUT2D eigenvalue weighted by molar-refractivity contribution is 7.99. The smallest absolute Gasteiger partial charge is 0.270 e. The number of rotatable bonds is 10. The van der Waals surface area contributed by atoms with Crippen LogP contribution in [0.4, 0.5) is 11.4 Å². The summed E-state index contributed by atoms with van der Waals surface area (Å²) in [5, 5.41) is 25.9. The monoisotopic (exact) mass is 510 g/mol. The average Bonchev–Trinajstić information content (AvgIpc) is 3.20. The van der Waals surface area contributed by atoms with Gasteiger partial charge in [0.15, 0.2) is 11.0 Å². The Hall–Kier alpha value is -3.73. The zero-order valence-electron chi connectivity index (χ0n) is 20.9. The number of carbonyl (C=O) groups is 2. The molecule has 0 aliphatic heterocycles. The number of aromatic nitrogens is 3. The van der Waals surface area contributed by atoms with Crippen molar-refractivity contribution in [3.63, 3.8) is 0 Å². The number of nitro benzene ring substituents is 1. The summed E-state index contributed by atoms with van der Waals surface area (Å²) in [4.78, 5) is 36.0. The normalized spacial score (nSPS) is 12.0. The molecule has 11 heteroatoms. The molecule has 10 nitrogen and oxygen atoms in total. The van der Waals surface area contributed by atoms with Gasteiger partial charge >= 0.3 is 0 Å². The van der Waals surface area contributed by atoms with Crippen LogP contribution in [0.2, 0.25) is 0 Å². The lowest BCUT2D eigenvalue weighted by Gasteiger charge is -2.21. The molecule has 0 radical (unpaired) electrons. The minimum absolute atomic E-state index is 0.0377. The molecular formula is C25H30N6O4S. The molecule has 0 saturated carbocycles. The minimum Gasteiger partial charge on any atom is -0.342 e. The van der Waals surface area contributed by atoms with Gasteiger partial charge in [0, 0.05) is 30.4 Å². The summed E-state index contributed by atoms with van der Waals surface area (Å²) in [6, 6.07) is 12.8. The molecule has 190 valence electrons. The molecule has 36 heavy (non-hydrogen) atoms. The molecular weight excluding hydrogens is 480 g/mol. The van der Waals surface area contributed by atoms with Gasteiger partial charge in [0.1, 0.15) is 0 Å². The fourth-order valence-corrected chi connectivity index (χ4v) is 4.39. The topological polar surface area (TPSA) is 132 Å². The molecule has 0 aliphatic rings. The van der Waals surface area contributed by atoms with Crippen molar-refractivity contribution in [2.45, 2.75) is 44.8 Å². The fourth-order valence-electron chi connectivity index (χ4n) is 3.67. The van der Waals surface area contributed by atoms with E-state index >= 15 is 0 Å². The molecule has 0 unspecified atom stereocenters. The van der Waals surface area contributed by atoms with Crippen LogP contribution in [0.25, 0.3) is 0 Å². The van der Waals surface area contributed by atoms with E-state index in [-0.39, 0.29) is 34.7 Å². The number of hydrogen-bond acceptors (Lipinski definition) is 7. The summed E-state index contributed by atoms with van der Waals surface area (Å²) in [6.07, 6.45) is 0. The number of thioether (sulfide) groups is 1. The van der Waals surface area contributed by atoms with Crippen LogP contribution in [0.15, 0.2) is 53.7 Å². The second-order valence-corrected chi connectivity index (χ2v) is 9.92. The lowest BCUT2D eigenvalue weighted by molar-refractivity contribution is -0.384. The van der Waals surface area contributed by atoms with Crippen LogP contribution in [-0.2, 0) is 11.8 Å². The molecule has 1 atom stereocenters. The highest BCUT2D eigenvalue weighted by Crippen LogP contribution is 2.26. The van der Waals surface area contributed by atoms with E-state index in [4.69, 9.17) is 0 Å². The zero-order valence-corrected chi connectivity index (χ0v) is 21.7. The van der Waals surface area contributed by atoms with Crippen LogP contribution in [-0.4, -0.2) is 37.3 Å². The van der Waals surface area contributed by atoms with E-state index in [9.17, 15) is 19.7 Å². The van der Waals surface area contributed by atoms with Gasteiger partial charge in [0.2, 0.25) is 5.91 Å². The largest absolute Gasteiger partial charge is 0.342 e. The first-order valence-corrected chi connectivity index (χ1v) is 12.5. The molecule has 0 aliphatic carbocycles. The second kappa shape index (κ2) is 11.8. The Morgan fingerprint density at radius 1 is 1.08 bits per heavy atom. The van der Waals surface area contributed by atoms with Crippen molar-refractivity contribution in [3.8, 4) is 0 Å². The second-order valence-electron chi connectivity index (χ2n) is 8.98. The Morgan fingerprint density at radius 2 is 1.81 bits per heavy atom. The molecule has 0 saturated heterocycles. The maximum atomic E-state index is 12.8. The maximum absolute atomic E-state index is 12.8. The van der Waals surface area contributed by atoms with E-state index in [1.54, 1.807) is 11.6 Å². The first kappa shape index (κ1) is 26.9. The fraction of sp³-hybridized carbons (Fsp3) is 0.360.